The van der Waals surface area contributed by atoms with Gasteiger partial charge in [-0.15, -0.1) is 0 Å². The summed E-state index contributed by atoms with van der Waals surface area (Å²) >= 11 is 0. The lowest BCUT2D eigenvalue weighted by Crippen LogP contribution is -2.30. The van der Waals surface area contributed by atoms with Gasteiger partial charge in [-0.2, -0.15) is 0 Å². The number of carbonyl (C=O) groups excluding carboxylic acids is 2. The molecule has 7 heteroatoms. The lowest BCUT2D eigenvalue weighted by atomic mass is 10.0. The summed E-state index contributed by atoms with van der Waals surface area (Å²) in [6.45, 7) is 4.91. The molecule has 2 aromatic rings. The van der Waals surface area contributed by atoms with Crippen molar-refractivity contribution in [3.05, 3.63) is 53.6 Å². The molecule has 0 saturated heterocycles. The first kappa shape index (κ1) is 24.1. The van der Waals surface area contributed by atoms with E-state index in [4.69, 9.17) is 18.9 Å². The SMILES string of the molecule is COC(=O)CC(NC(=O)c1ccc(OCCC(C)C)cc1)c1ccc(OC)c(OC)c1. The highest BCUT2D eigenvalue weighted by Gasteiger charge is 2.21. The summed E-state index contributed by atoms with van der Waals surface area (Å²) in [4.78, 5) is 24.8. The van der Waals surface area contributed by atoms with Gasteiger partial charge in [0, 0.05) is 5.56 Å². The Morgan fingerprint density at radius 3 is 2.19 bits per heavy atom. The molecule has 0 aliphatic rings. The van der Waals surface area contributed by atoms with Gasteiger partial charge in [0.2, 0.25) is 0 Å². The Kier molecular flexibility index (Phi) is 9.18. The third-order valence-corrected chi connectivity index (χ3v) is 4.79. The first-order valence-corrected chi connectivity index (χ1v) is 10.2. The van der Waals surface area contributed by atoms with Crippen LogP contribution in [0.5, 0.6) is 17.2 Å². The number of amides is 1. The second-order valence-corrected chi connectivity index (χ2v) is 7.48. The number of hydrogen-bond acceptors (Lipinski definition) is 6. The number of carbonyl (C=O) groups is 2. The van der Waals surface area contributed by atoms with E-state index in [-0.39, 0.29) is 12.3 Å². The third-order valence-electron chi connectivity index (χ3n) is 4.79. The normalized spacial score (nSPS) is 11.5. The predicted octanol–water partition coefficient (Wildman–Crippen LogP) is 4.16. The summed E-state index contributed by atoms with van der Waals surface area (Å²) in [5, 5.41) is 2.90. The van der Waals surface area contributed by atoms with E-state index in [2.05, 4.69) is 19.2 Å². The lowest BCUT2D eigenvalue weighted by molar-refractivity contribution is -0.141. The number of methoxy groups -OCH3 is 3. The largest absolute Gasteiger partial charge is 0.494 e. The van der Waals surface area contributed by atoms with E-state index in [1.54, 1.807) is 49.6 Å². The third kappa shape index (κ3) is 7.20. The number of esters is 1. The number of benzene rings is 2. The van der Waals surface area contributed by atoms with E-state index < -0.39 is 12.0 Å². The van der Waals surface area contributed by atoms with Gasteiger partial charge in [0.15, 0.2) is 11.5 Å². The Bertz CT molecular complexity index is 863. The maximum absolute atomic E-state index is 12.8. The average molecular weight is 430 g/mol. The topological polar surface area (TPSA) is 83.1 Å². The van der Waals surface area contributed by atoms with Crippen molar-refractivity contribution in [3.63, 3.8) is 0 Å². The van der Waals surface area contributed by atoms with Crippen molar-refractivity contribution in [2.75, 3.05) is 27.9 Å². The summed E-state index contributed by atoms with van der Waals surface area (Å²) in [6.07, 6.45) is 0.941. The standard InChI is InChI=1S/C24H31NO6/c1-16(2)12-13-31-19-9-6-17(7-10-19)24(27)25-20(15-23(26)30-5)18-8-11-21(28-3)22(14-18)29-4/h6-11,14,16,20H,12-13,15H2,1-5H3,(H,25,27). The molecule has 1 N–H and O–H groups in total. The molecule has 2 rings (SSSR count). The van der Waals surface area contributed by atoms with Crippen molar-refractivity contribution in [2.45, 2.75) is 32.7 Å². The lowest BCUT2D eigenvalue weighted by Gasteiger charge is -2.20. The quantitative estimate of drug-likeness (QED) is 0.540. The maximum atomic E-state index is 12.8. The number of ether oxygens (including phenoxy) is 4. The Morgan fingerprint density at radius 2 is 1.61 bits per heavy atom. The van der Waals surface area contributed by atoms with Gasteiger partial charge >= 0.3 is 5.97 Å². The minimum absolute atomic E-state index is 0.0197. The van der Waals surface area contributed by atoms with Crippen molar-refractivity contribution in [1.82, 2.24) is 5.32 Å². The molecular weight excluding hydrogens is 398 g/mol. The van der Waals surface area contributed by atoms with Crippen LogP contribution >= 0.6 is 0 Å². The fourth-order valence-electron chi connectivity index (χ4n) is 2.93. The summed E-state index contributed by atoms with van der Waals surface area (Å²) in [5.41, 5.74) is 1.16. The number of nitrogens with one attached hydrogen (secondary N) is 1. The molecule has 7 nitrogen and oxygen atoms in total. The summed E-state index contributed by atoms with van der Waals surface area (Å²) in [7, 11) is 4.38. The molecule has 0 saturated carbocycles. The van der Waals surface area contributed by atoms with Gasteiger partial charge in [-0.05, 0) is 54.3 Å². The van der Waals surface area contributed by atoms with Crippen molar-refractivity contribution >= 4 is 11.9 Å². The van der Waals surface area contributed by atoms with Crippen molar-refractivity contribution in [2.24, 2.45) is 5.92 Å². The summed E-state index contributed by atoms with van der Waals surface area (Å²) < 4.78 is 21.1. The van der Waals surface area contributed by atoms with Crippen LogP contribution in [0.3, 0.4) is 0 Å². The van der Waals surface area contributed by atoms with Crippen molar-refractivity contribution in [3.8, 4) is 17.2 Å². The zero-order chi connectivity index (χ0) is 22.8. The second kappa shape index (κ2) is 11.8. The Labute approximate surface area is 183 Å². The van der Waals surface area contributed by atoms with E-state index >= 15 is 0 Å². The van der Waals surface area contributed by atoms with Gasteiger partial charge in [-0.3, -0.25) is 9.59 Å². The molecule has 0 aliphatic heterocycles. The predicted molar refractivity (Wildman–Crippen MR) is 118 cm³/mol. The molecule has 1 unspecified atom stereocenters. The minimum atomic E-state index is -0.596. The van der Waals surface area contributed by atoms with Crippen LogP contribution in [-0.4, -0.2) is 39.8 Å². The Balaban J connectivity index is 2.15. The molecule has 0 radical (unpaired) electrons. The highest BCUT2D eigenvalue weighted by molar-refractivity contribution is 5.94. The van der Waals surface area contributed by atoms with E-state index in [0.29, 0.717) is 40.9 Å². The maximum Gasteiger partial charge on any atom is 0.307 e. The fourth-order valence-corrected chi connectivity index (χ4v) is 2.93. The van der Waals surface area contributed by atoms with Gasteiger partial charge < -0.3 is 24.3 Å². The second-order valence-electron chi connectivity index (χ2n) is 7.48. The van der Waals surface area contributed by atoms with Gasteiger partial charge in [-0.25, -0.2) is 0 Å². The molecule has 0 heterocycles. The molecule has 0 aliphatic carbocycles. The molecule has 0 spiro atoms. The molecule has 1 atom stereocenters. The van der Waals surface area contributed by atoms with Crippen LogP contribution in [0.15, 0.2) is 42.5 Å². The van der Waals surface area contributed by atoms with Crippen LogP contribution in [-0.2, 0) is 9.53 Å². The van der Waals surface area contributed by atoms with Crippen LogP contribution in [0.4, 0.5) is 0 Å². The average Bonchev–Trinajstić information content (AvgIpc) is 2.78. The Morgan fingerprint density at radius 1 is 0.935 bits per heavy atom. The highest BCUT2D eigenvalue weighted by Crippen LogP contribution is 2.31. The summed E-state index contributed by atoms with van der Waals surface area (Å²) in [5.74, 6) is 1.59. The van der Waals surface area contributed by atoms with E-state index in [0.717, 1.165) is 6.42 Å². The van der Waals surface area contributed by atoms with E-state index in [1.807, 2.05) is 0 Å². The highest BCUT2D eigenvalue weighted by atomic mass is 16.5. The van der Waals surface area contributed by atoms with Crippen LogP contribution < -0.4 is 19.5 Å². The molecule has 31 heavy (non-hydrogen) atoms. The van der Waals surface area contributed by atoms with Gasteiger partial charge in [-0.1, -0.05) is 19.9 Å². The zero-order valence-corrected chi connectivity index (χ0v) is 18.8. The van der Waals surface area contributed by atoms with Crippen molar-refractivity contribution in [1.29, 1.82) is 0 Å². The molecule has 0 bridgehead atoms. The minimum Gasteiger partial charge on any atom is -0.494 e. The Hall–Kier alpha value is -3.22. The van der Waals surface area contributed by atoms with Crippen molar-refractivity contribution < 1.29 is 28.5 Å². The first-order chi connectivity index (χ1) is 14.9. The van der Waals surface area contributed by atoms with E-state index in [9.17, 15) is 9.59 Å². The van der Waals surface area contributed by atoms with E-state index in [1.165, 1.54) is 14.2 Å². The van der Waals surface area contributed by atoms with Crippen LogP contribution in [0.25, 0.3) is 0 Å². The molecule has 0 aromatic heterocycles. The molecule has 0 fully saturated rings. The molecular formula is C24H31NO6. The fraction of sp³-hybridized carbons (Fsp3) is 0.417. The zero-order valence-electron chi connectivity index (χ0n) is 18.8. The number of hydrogen-bond donors (Lipinski definition) is 1. The van der Waals surface area contributed by atoms with Gasteiger partial charge in [0.05, 0.1) is 40.4 Å². The first-order valence-electron chi connectivity index (χ1n) is 10.2. The van der Waals surface area contributed by atoms with Gasteiger partial charge in [0.1, 0.15) is 5.75 Å². The monoisotopic (exact) mass is 429 g/mol. The summed E-state index contributed by atoms with van der Waals surface area (Å²) in [6, 6.07) is 11.6. The number of rotatable bonds is 11. The molecule has 168 valence electrons. The molecule has 2 aromatic carbocycles. The molecule has 1 amide bonds. The van der Waals surface area contributed by atoms with Crippen LogP contribution in [0.2, 0.25) is 0 Å². The smallest absolute Gasteiger partial charge is 0.307 e. The van der Waals surface area contributed by atoms with Gasteiger partial charge in [0.25, 0.3) is 5.91 Å². The van der Waals surface area contributed by atoms with Crippen LogP contribution in [0, 0.1) is 5.92 Å². The van der Waals surface area contributed by atoms with Crippen LogP contribution in [0.1, 0.15) is 48.7 Å².